The van der Waals surface area contributed by atoms with E-state index in [2.05, 4.69) is 16.5 Å². The van der Waals surface area contributed by atoms with Crippen LogP contribution in [0.25, 0.3) is 23.2 Å². The lowest BCUT2D eigenvalue weighted by atomic mass is 10.2. The highest BCUT2D eigenvalue weighted by molar-refractivity contribution is 6.42. The molecular formula is C20H18Cl2N2O2. The van der Waals surface area contributed by atoms with Gasteiger partial charge in [0, 0.05) is 6.54 Å². The van der Waals surface area contributed by atoms with E-state index in [1.165, 1.54) is 0 Å². The van der Waals surface area contributed by atoms with Crippen LogP contribution in [-0.2, 0) is 11.3 Å². The second-order valence-electron chi connectivity index (χ2n) is 5.65. The second-order valence-corrected chi connectivity index (χ2v) is 6.46. The molecule has 0 aliphatic heterocycles. The average Bonchev–Trinajstić information content (AvgIpc) is 2.99. The van der Waals surface area contributed by atoms with E-state index in [0.717, 1.165) is 29.0 Å². The number of nitrogens with zero attached hydrogens (tertiary/aromatic N) is 2. The molecule has 0 fully saturated rings. The lowest BCUT2D eigenvalue weighted by molar-refractivity contribution is 0.0526. The molecule has 3 rings (SSSR count). The first kappa shape index (κ1) is 18.5. The third kappa shape index (κ3) is 3.76. The van der Waals surface area contributed by atoms with Crippen LogP contribution >= 0.6 is 23.2 Å². The molecular weight excluding hydrogens is 371 g/mol. The summed E-state index contributed by atoms with van der Waals surface area (Å²) in [5, 5.41) is 1.04. The first-order chi connectivity index (χ1) is 12.5. The van der Waals surface area contributed by atoms with Crippen molar-refractivity contribution < 1.29 is 9.53 Å². The van der Waals surface area contributed by atoms with Crippen molar-refractivity contribution in [2.45, 2.75) is 20.4 Å². The molecule has 0 saturated carbocycles. The number of imidazole rings is 1. The lowest BCUT2D eigenvalue weighted by Crippen LogP contribution is -2.04. The van der Waals surface area contributed by atoms with Crippen LogP contribution < -0.4 is 0 Å². The van der Waals surface area contributed by atoms with E-state index in [1.54, 1.807) is 31.2 Å². The minimum absolute atomic E-state index is 0.339. The fourth-order valence-corrected chi connectivity index (χ4v) is 3.04. The summed E-state index contributed by atoms with van der Waals surface area (Å²) < 4.78 is 7.14. The van der Waals surface area contributed by atoms with Crippen LogP contribution in [0, 0.1) is 0 Å². The van der Waals surface area contributed by atoms with E-state index < -0.39 is 0 Å². The Kier molecular flexibility index (Phi) is 5.64. The van der Waals surface area contributed by atoms with Gasteiger partial charge in [0.1, 0.15) is 5.82 Å². The molecule has 0 bridgehead atoms. The van der Waals surface area contributed by atoms with Crippen LogP contribution in [0.5, 0.6) is 0 Å². The molecule has 134 valence electrons. The fourth-order valence-electron chi connectivity index (χ4n) is 2.74. The van der Waals surface area contributed by atoms with Gasteiger partial charge in [0.05, 0.1) is 33.2 Å². The molecule has 0 aliphatic rings. The van der Waals surface area contributed by atoms with Crippen molar-refractivity contribution in [3.05, 3.63) is 63.4 Å². The first-order valence-corrected chi connectivity index (χ1v) is 9.09. The number of carbonyl (C=O) groups excluding carboxylic acids is 1. The van der Waals surface area contributed by atoms with E-state index >= 15 is 0 Å². The van der Waals surface area contributed by atoms with E-state index in [4.69, 9.17) is 27.9 Å². The zero-order valence-corrected chi connectivity index (χ0v) is 16.0. The zero-order valence-electron chi connectivity index (χ0n) is 14.5. The highest BCUT2D eigenvalue weighted by Crippen LogP contribution is 2.24. The summed E-state index contributed by atoms with van der Waals surface area (Å²) >= 11 is 12.0. The maximum Gasteiger partial charge on any atom is 0.338 e. The van der Waals surface area contributed by atoms with Crippen LogP contribution in [0.2, 0.25) is 10.0 Å². The quantitative estimate of drug-likeness (QED) is 0.525. The predicted molar refractivity (Wildman–Crippen MR) is 107 cm³/mol. The van der Waals surface area contributed by atoms with Crippen molar-refractivity contribution in [3.63, 3.8) is 0 Å². The molecule has 0 N–H and O–H groups in total. The third-order valence-corrected chi connectivity index (χ3v) is 4.71. The van der Waals surface area contributed by atoms with E-state index in [0.29, 0.717) is 22.2 Å². The van der Waals surface area contributed by atoms with Crippen LogP contribution in [0.3, 0.4) is 0 Å². The first-order valence-electron chi connectivity index (χ1n) is 8.34. The minimum Gasteiger partial charge on any atom is -0.462 e. The second kappa shape index (κ2) is 7.94. The van der Waals surface area contributed by atoms with Gasteiger partial charge in [-0.1, -0.05) is 35.3 Å². The fraction of sp³-hybridized carbons (Fsp3) is 0.200. The smallest absolute Gasteiger partial charge is 0.338 e. The molecule has 1 heterocycles. The zero-order chi connectivity index (χ0) is 18.7. The third-order valence-electron chi connectivity index (χ3n) is 3.97. The molecule has 1 aromatic heterocycles. The number of halogens is 2. The monoisotopic (exact) mass is 388 g/mol. The average molecular weight is 389 g/mol. The van der Waals surface area contributed by atoms with Gasteiger partial charge in [-0.05, 0) is 55.8 Å². The summed E-state index contributed by atoms with van der Waals surface area (Å²) in [6.07, 6.45) is 3.86. The van der Waals surface area contributed by atoms with Crippen LogP contribution in [-0.4, -0.2) is 22.1 Å². The number of hydrogen-bond donors (Lipinski definition) is 0. The number of fused-ring (bicyclic) bond motifs is 1. The highest BCUT2D eigenvalue weighted by Gasteiger charge is 2.12. The molecule has 0 radical (unpaired) electrons. The van der Waals surface area contributed by atoms with Gasteiger partial charge in [0.25, 0.3) is 0 Å². The Morgan fingerprint density at radius 3 is 2.62 bits per heavy atom. The molecule has 3 aromatic rings. The van der Waals surface area contributed by atoms with Crippen molar-refractivity contribution in [3.8, 4) is 0 Å². The Balaban J connectivity index is 1.98. The van der Waals surface area contributed by atoms with E-state index in [1.807, 2.05) is 24.3 Å². The van der Waals surface area contributed by atoms with Gasteiger partial charge < -0.3 is 9.30 Å². The summed E-state index contributed by atoms with van der Waals surface area (Å²) in [5.74, 6) is 0.461. The van der Waals surface area contributed by atoms with Gasteiger partial charge in [0.2, 0.25) is 0 Å². The summed E-state index contributed by atoms with van der Waals surface area (Å²) in [5.41, 5.74) is 3.15. The molecule has 0 aliphatic carbocycles. The van der Waals surface area contributed by atoms with Gasteiger partial charge in [0.15, 0.2) is 0 Å². The Hall–Kier alpha value is -2.30. The number of aromatic nitrogens is 2. The summed E-state index contributed by atoms with van der Waals surface area (Å²) in [4.78, 5) is 16.6. The van der Waals surface area contributed by atoms with Crippen LogP contribution in [0.1, 0.15) is 35.6 Å². The van der Waals surface area contributed by atoms with Gasteiger partial charge >= 0.3 is 5.97 Å². The largest absolute Gasteiger partial charge is 0.462 e. The Labute approximate surface area is 162 Å². The maximum absolute atomic E-state index is 11.9. The molecule has 0 atom stereocenters. The van der Waals surface area contributed by atoms with Crippen molar-refractivity contribution in [1.29, 1.82) is 0 Å². The molecule has 6 heteroatoms. The predicted octanol–water partition coefficient (Wildman–Crippen LogP) is 5.71. The molecule has 2 aromatic carbocycles. The number of aryl methyl sites for hydroxylation is 1. The maximum atomic E-state index is 11.9. The summed E-state index contributed by atoms with van der Waals surface area (Å²) in [6.45, 7) is 4.94. The summed E-state index contributed by atoms with van der Waals surface area (Å²) in [6, 6.07) is 10.9. The normalized spacial score (nSPS) is 11.4. The standard InChI is InChI=1S/C20H18Cl2N2O2/c1-3-24-18-9-7-14(20(25)26-4-2)12-17(18)23-19(24)10-6-13-5-8-15(21)16(22)11-13/h5-12H,3-4H2,1-2H3/b10-6-. The number of carbonyl (C=O) groups is 1. The Morgan fingerprint density at radius 1 is 1.12 bits per heavy atom. The number of ether oxygens (including phenoxy) is 1. The Bertz CT molecular complexity index is 993. The van der Waals surface area contributed by atoms with Gasteiger partial charge in [-0.2, -0.15) is 0 Å². The Morgan fingerprint density at radius 2 is 1.92 bits per heavy atom. The SMILES string of the molecule is CCOC(=O)c1ccc2c(c1)nc(/C=C\c1ccc(Cl)c(Cl)c1)n2CC. The summed E-state index contributed by atoms with van der Waals surface area (Å²) in [7, 11) is 0. The topological polar surface area (TPSA) is 44.1 Å². The number of benzene rings is 2. The van der Waals surface area contributed by atoms with E-state index in [-0.39, 0.29) is 5.97 Å². The molecule has 4 nitrogen and oxygen atoms in total. The van der Waals surface area contributed by atoms with Gasteiger partial charge in [-0.15, -0.1) is 0 Å². The highest BCUT2D eigenvalue weighted by atomic mass is 35.5. The number of hydrogen-bond acceptors (Lipinski definition) is 3. The minimum atomic E-state index is -0.339. The van der Waals surface area contributed by atoms with Crippen LogP contribution in [0.15, 0.2) is 36.4 Å². The van der Waals surface area contributed by atoms with Crippen molar-refractivity contribution >= 4 is 52.4 Å². The van der Waals surface area contributed by atoms with Crippen molar-refractivity contribution in [2.24, 2.45) is 0 Å². The molecule has 26 heavy (non-hydrogen) atoms. The van der Waals surface area contributed by atoms with E-state index in [9.17, 15) is 4.79 Å². The van der Waals surface area contributed by atoms with Gasteiger partial charge in [-0.3, -0.25) is 0 Å². The molecule has 0 unspecified atom stereocenters. The number of esters is 1. The van der Waals surface area contributed by atoms with Crippen molar-refractivity contribution in [1.82, 2.24) is 9.55 Å². The molecule has 0 amide bonds. The number of rotatable bonds is 5. The molecule has 0 spiro atoms. The van der Waals surface area contributed by atoms with Crippen LogP contribution in [0.4, 0.5) is 0 Å². The van der Waals surface area contributed by atoms with Gasteiger partial charge in [-0.25, -0.2) is 9.78 Å². The lowest BCUT2D eigenvalue weighted by Gasteiger charge is -2.04. The molecule has 0 saturated heterocycles. The van der Waals surface area contributed by atoms with Crippen molar-refractivity contribution in [2.75, 3.05) is 6.61 Å².